The van der Waals surface area contributed by atoms with Crippen LogP contribution in [0, 0.1) is 0 Å². The topological polar surface area (TPSA) is 94.1 Å². The Morgan fingerprint density at radius 1 is 0.930 bits per heavy atom. The highest BCUT2D eigenvalue weighted by Gasteiger charge is 2.49. The number of aliphatic hydroxyl groups excluding tert-OH is 1. The van der Waals surface area contributed by atoms with Gasteiger partial charge in [0.15, 0.2) is 0 Å². The molecule has 0 aliphatic carbocycles. The first kappa shape index (κ1) is 36.6. The van der Waals surface area contributed by atoms with Gasteiger partial charge in [0.2, 0.25) is 13.3 Å². The predicted octanol–water partition coefficient (Wildman–Crippen LogP) is 7.42. The molecule has 2 aromatic rings. The van der Waals surface area contributed by atoms with E-state index in [1.807, 2.05) is 24.3 Å². The van der Waals surface area contributed by atoms with Gasteiger partial charge in [-0.05, 0) is 61.1 Å². The molecule has 2 aromatic carbocycles. The SMILES string of the molecule is COc1ccc(CCCOc2ccc(CCC(CO)(COP(=O)(C(C)(C)C)C(C)(C)C)NC(C)=O)cc2C(F)(F)F)cc1. The van der Waals surface area contributed by atoms with Crippen molar-refractivity contribution in [1.29, 1.82) is 0 Å². The number of aliphatic hydroxyl groups is 1. The quantitative estimate of drug-likeness (QED) is 0.167. The molecular formula is C32H47F3NO6P. The number of alkyl halides is 3. The van der Waals surface area contributed by atoms with E-state index in [4.69, 9.17) is 14.0 Å². The van der Waals surface area contributed by atoms with Gasteiger partial charge >= 0.3 is 6.18 Å². The molecule has 0 saturated heterocycles. The molecule has 0 aliphatic heterocycles. The molecule has 0 spiro atoms. The second-order valence-corrected chi connectivity index (χ2v) is 17.0. The van der Waals surface area contributed by atoms with E-state index in [1.165, 1.54) is 13.0 Å². The number of carbonyl (C=O) groups excluding carboxylic acids is 1. The maximum Gasteiger partial charge on any atom is 0.419 e. The van der Waals surface area contributed by atoms with Gasteiger partial charge in [-0.2, -0.15) is 13.2 Å². The third-order valence-electron chi connectivity index (χ3n) is 7.30. The summed E-state index contributed by atoms with van der Waals surface area (Å²) in [7, 11) is -1.77. The monoisotopic (exact) mass is 629 g/mol. The Labute approximate surface area is 254 Å². The molecule has 7 nitrogen and oxygen atoms in total. The average Bonchev–Trinajstić information content (AvgIpc) is 2.91. The van der Waals surface area contributed by atoms with Crippen molar-refractivity contribution in [2.45, 2.75) is 96.2 Å². The first-order chi connectivity index (χ1) is 19.8. The number of methoxy groups -OCH3 is 1. The van der Waals surface area contributed by atoms with E-state index in [0.717, 1.165) is 17.4 Å². The molecule has 1 unspecified atom stereocenters. The molecule has 0 bridgehead atoms. The fourth-order valence-electron chi connectivity index (χ4n) is 5.03. The molecular weight excluding hydrogens is 582 g/mol. The van der Waals surface area contributed by atoms with Gasteiger partial charge < -0.3 is 24.4 Å². The van der Waals surface area contributed by atoms with Crippen LogP contribution < -0.4 is 14.8 Å². The first-order valence-corrected chi connectivity index (χ1v) is 16.0. The molecule has 1 atom stereocenters. The van der Waals surface area contributed by atoms with Gasteiger partial charge in [0, 0.05) is 17.2 Å². The predicted molar refractivity (Wildman–Crippen MR) is 163 cm³/mol. The number of benzene rings is 2. The molecule has 0 heterocycles. The van der Waals surface area contributed by atoms with Crippen LogP contribution >= 0.6 is 7.37 Å². The van der Waals surface area contributed by atoms with Crippen LogP contribution in [-0.2, 0) is 32.9 Å². The maximum absolute atomic E-state index is 14.0. The molecule has 43 heavy (non-hydrogen) atoms. The Balaban J connectivity index is 2.20. The fourth-order valence-corrected chi connectivity index (χ4v) is 8.25. The van der Waals surface area contributed by atoms with Crippen molar-refractivity contribution in [1.82, 2.24) is 5.32 Å². The van der Waals surface area contributed by atoms with Crippen molar-refractivity contribution < 1.29 is 41.6 Å². The van der Waals surface area contributed by atoms with E-state index in [9.17, 15) is 27.6 Å². The summed E-state index contributed by atoms with van der Waals surface area (Å²) in [5.74, 6) is 0.0137. The average molecular weight is 630 g/mol. The van der Waals surface area contributed by atoms with E-state index < -0.39 is 47.5 Å². The zero-order valence-corrected chi connectivity index (χ0v) is 27.5. The number of nitrogens with one attached hydrogen (secondary N) is 1. The number of hydrogen-bond donors (Lipinski definition) is 2. The Bertz CT molecular complexity index is 1230. The third kappa shape index (κ3) is 9.98. The lowest BCUT2D eigenvalue weighted by atomic mass is 9.92. The van der Waals surface area contributed by atoms with Crippen LogP contribution in [0.2, 0.25) is 0 Å². The van der Waals surface area contributed by atoms with Crippen molar-refractivity contribution in [3.8, 4) is 11.5 Å². The van der Waals surface area contributed by atoms with Crippen LogP contribution in [0.15, 0.2) is 42.5 Å². The van der Waals surface area contributed by atoms with Gasteiger partial charge in [0.1, 0.15) is 11.5 Å². The molecule has 1 amide bonds. The smallest absolute Gasteiger partial charge is 0.419 e. The summed E-state index contributed by atoms with van der Waals surface area (Å²) in [5, 5.41) is 11.6. The summed E-state index contributed by atoms with van der Waals surface area (Å²) >= 11 is 0. The van der Waals surface area contributed by atoms with Crippen LogP contribution in [0.1, 0.15) is 78.0 Å². The minimum absolute atomic E-state index is 0.0523. The second-order valence-electron chi connectivity index (χ2n) is 12.9. The molecule has 2 rings (SSSR count). The molecule has 0 radical (unpaired) electrons. The third-order valence-corrected chi connectivity index (χ3v) is 11.3. The molecule has 0 aromatic heterocycles. The number of carbonyl (C=O) groups is 1. The summed E-state index contributed by atoms with van der Waals surface area (Å²) in [5.41, 5.74) is -0.888. The van der Waals surface area contributed by atoms with Gasteiger partial charge in [-0.15, -0.1) is 0 Å². The minimum atomic E-state index is -4.65. The first-order valence-electron chi connectivity index (χ1n) is 14.4. The molecule has 11 heteroatoms. The maximum atomic E-state index is 14.0. The summed E-state index contributed by atoms with van der Waals surface area (Å²) in [4.78, 5) is 12.1. The Kier molecular flexibility index (Phi) is 12.3. The zero-order valence-electron chi connectivity index (χ0n) is 26.6. The molecule has 0 fully saturated rings. The van der Waals surface area contributed by atoms with E-state index in [-0.39, 0.29) is 31.8 Å². The highest BCUT2D eigenvalue weighted by molar-refractivity contribution is 7.62. The van der Waals surface area contributed by atoms with Crippen LogP contribution in [0.4, 0.5) is 13.2 Å². The van der Waals surface area contributed by atoms with Crippen molar-refractivity contribution in [3.05, 3.63) is 59.2 Å². The Morgan fingerprint density at radius 3 is 2.00 bits per heavy atom. The molecule has 0 aliphatic rings. The number of aryl methyl sites for hydroxylation is 2. The summed E-state index contributed by atoms with van der Waals surface area (Å²) in [6.45, 7) is 11.4. The van der Waals surface area contributed by atoms with Crippen LogP contribution in [-0.4, -0.2) is 53.8 Å². The number of halogens is 3. The van der Waals surface area contributed by atoms with Gasteiger partial charge in [-0.3, -0.25) is 9.36 Å². The highest BCUT2D eigenvalue weighted by atomic mass is 31.2. The second kappa shape index (κ2) is 14.5. The van der Waals surface area contributed by atoms with Crippen molar-refractivity contribution >= 4 is 13.3 Å². The van der Waals surface area contributed by atoms with Crippen molar-refractivity contribution in [2.24, 2.45) is 0 Å². The van der Waals surface area contributed by atoms with E-state index >= 15 is 0 Å². The van der Waals surface area contributed by atoms with E-state index in [2.05, 4.69) is 5.32 Å². The number of ether oxygens (including phenoxy) is 2. The van der Waals surface area contributed by atoms with Crippen molar-refractivity contribution in [3.63, 3.8) is 0 Å². The minimum Gasteiger partial charge on any atom is -0.497 e. The number of rotatable bonds is 14. The van der Waals surface area contributed by atoms with E-state index in [1.54, 1.807) is 54.7 Å². The number of hydrogen-bond acceptors (Lipinski definition) is 6. The lowest BCUT2D eigenvalue weighted by Gasteiger charge is -2.43. The van der Waals surface area contributed by atoms with E-state index in [0.29, 0.717) is 18.4 Å². The largest absolute Gasteiger partial charge is 0.497 e. The fraction of sp³-hybridized carbons (Fsp3) is 0.594. The van der Waals surface area contributed by atoms with Gasteiger partial charge in [-0.25, -0.2) is 0 Å². The Morgan fingerprint density at radius 2 is 1.51 bits per heavy atom. The van der Waals surface area contributed by atoms with Crippen LogP contribution in [0.5, 0.6) is 11.5 Å². The lowest BCUT2D eigenvalue weighted by Crippen LogP contribution is -2.54. The molecule has 0 saturated carbocycles. The standard InChI is InChI=1S/C32H47F3NO6P/c1-23(38)36-31(21-37,22-42-43(39,29(2,3)4)30(5,6)7)18-17-25-13-16-28(27(20-25)32(33,34)35)41-19-9-10-24-11-14-26(40-8)15-12-24/h11-16,20,37H,9-10,17-19,21-22H2,1-8H3,(H,36,38). The Hall–Kier alpha value is -2.55. The highest BCUT2D eigenvalue weighted by Crippen LogP contribution is 2.67. The number of amides is 1. The summed E-state index contributed by atoms with van der Waals surface area (Å²) in [6.07, 6.45) is -3.36. The summed E-state index contributed by atoms with van der Waals surface area (Å²) < 4.78 is 72.9. The molecule has 242 valence electrons. The lowest BCUT2D eigenvalue weighted by molar-refractivity contribution is -0.139. The van der Waals surface area contributed by atoms with Crippen LogP contribution in [0.3, 0.4) is 0 Å². The molecule has 2 N–H and O–H groups in total. The van der Waals surface area contributed by atoms with Gasteiger partial charge in [0.05, 0.1) is 38.0 Å². The normalized spacial score (nSPS) is 14.2. The van der Waals surface area contributed by atoms with Crippen molar-refractivity contribution in [2.75, 3.05) is 26.9 Å². The summed E-state index contributed by atoms with van der Waals surface area (Å²) in [6, 6.07) is 11.3. The zero-order chi connectivity index (χ0) is 32.7. The van der Waals surface area contributed by atoms with Gasteiger partial charge in [0.25, 0.3) is 0 Å². The van der Waals surface area contributed by atoms with Crippen LogP contribution in [0.25, 0.3) is 0 Å². The van der Waals surface area contributed by atoms with Gasteiger partial charge in [-0.1, -0.05) is 59.7 Å².